The Hall–Kier alpha value is 0.410. The molecule has 110 valence electrons. The van der Waals surface area contributed by atoms with Crippen molar-refractivity contribution in [2.75, 3.05) is 12.3 Å². The molecule has 0 aliphatic heterocycles. The molecule has 0 saturated heterocycles. The molecule has 0 rings (SSSR count). The van der Waals surface area contributed by atoms with Gasteiger partial charge in [-0.2, -0.15) is 0 Å². The zero-order chi connectivity index (χ0) is 15.0. The van der Waals surface area contributed by atoms with Crippen LogP contribution < -0.4 is 5.73 Å². The second-order valence-corrected chi connectivity index (χ2v) is 9.60. The van der Waals surface area contributed by atoms with Crippen LogP contribution >= 0.6 is 22.8 Å². The molecule has 1 atom stereocenters. The summed E-state index contributed by atoms with van der Waals surface area (Å²) < 4.78 is 32.8. The van der Waals surface area contributed by atoms with Crippen LogP contribution in [-0.4, -0.2) is 47.0 Å². The normalized spacial score (nSPS) is 17.8. The molecule has 1 unspecified atom stereocenters. The molecule has 0 aliphatic rings. The molecule has 0 saturated carbocycles. The molecule has 0 aromatic heterocycles. The Morgan fingerprint density at radius 1 is 0.944 bits per heavy atom. The van der Waals surface area contributed by atoms with Crippen LogP contribution in [0.3, 0.4) is 0 Å². The van der Waals surface area contributed by atoms with E-state index >= 15 is 0 Å². The summed E-state index contributed by atoms with van der Waals surface area (Å²) in [7, 11) is -14.5. The highest BCUT2D eigenvalue weighted by atomic mass is 31.2. The highest BCUT2D eigenvalue weighted by Crippen LogP contribution is 2.56. The highest BCUT2D eigenvalue weighted by Gasteiger charge is 2.49. The molecular formula is C5H16NO9P3. The van der Waals surface area contributed by atoms with E-state index in [0.717, 1.165) is 6.92 Å². The summed E-state index contributed by atoms with van der Waals surface area (Å²) in [6, 6.07) is 0. The van der Waals surface area contributed by atoms with Crippen molar-refractivity contribution in [3.8, 4) is 0 Å². The van der Waals surface area contributed by atoms with Crippen LogP contribution in [0.1, 0.15) is 6.92 Å². The van der Waals surface area contributed by atoms with Crippen molar-refractivity contribution < 1.29 is 43.1 Å². The minimum atomic E-state index is -5.01. The molecule has 0 fully saturated rings. The molecular weight excluding hydrogens is 311 g/mol. The van der Waals surface area contributed by atoms with Gasteiger partial charge in [0.2, 0.25) is 0 Å². The summed E-state index contributed by atoms with van der Waals surface area (Å²) >= 11 is 0. The average molecular weight is 327 g/mol. The van der Waals surface area contributed by atoms with E-state index in [4.69, 9.17) is 35.1 Å². The maximum Gasteiger partial charge on any atom is 0.345 e. The summed E-state index contributed by atoms with van der Waals surface area (Å²) in [5, 5.41) is -2.45. The Bertz CT molecular complexity index is 405. The Balaban J connectivity index is 5.42. The zero-order valence-electron chi connectivity index (χ0n) is 9.32. The Morgan fingerprint density at radius 2 is 1.22 bits per heavy atom. The molecule has 0 spiro atoms. The molecule has 0 radical (unpaired) electrons. The smallest absolute Gasteiger partial charge is 0.324 e. The lowest BCUT2D eigenvalue weighted by atomic mass is 10.1. The average Bonchev–Trinajstić information content (AvgIpc) is 1.94. The molecule has 0 heterocycles. The van der Waals surface area contributed by atoms with Gasteiger partial charge in [0.25, 0.3) is 0 Å². The fraction of sp³-hybridized carbons (Fsp3) is 1.00. The number of rotatable bonds is 6. The van der Waals surface area contributed by atoms with Crippen LogP contribution in [0.25, 0.3) is 0 Å². The largest absolute Gasteiger partial charge is 0.345 e. The minimum absolute atomic E-state index is 0.795. The highest BCUT2D eigenvalue weighted by molar-refractivity contribution is 7.54. The van der Waals surface area contributed by atoms with Crippen molar-refractivity contribution in [1.82, 2.24) is 0 Å². The van der Waals surface area contributed by atoms with Crippen LogP contribution in [0.5, 0.6) is 0 Å². The molecule has 0 aliphatic carbocycles. The SMILES string of the molecule is CC(N)(C(CP(=O)(O)O)CP(=O)(O)O)P(=O)(O)O. The first-order valence-electron chi connectivity index (χ1n) is 4.50. The van der Waals surface area contributed by atoms with Crippen LogP contribution in [0.4, 0.5) is 0 Å². The fourth-order valence-corrected chi connectivity index (χ4v) is 4.55. The van der Waals surface area contributed by atoms with Crippen LogP contribution in [-0.2, 0) is 13.7 Å². The summed E-state index contributed by atoms with van der Waals surface area (Å²) in [5.41, 5.74) is 5.30. The lowest BCUT2D eigenvalue weighted by Crippen LogP contribution is -2.47. The third-order valence-electron chi connectivity index (χ3n) is 2.37. The molecule has 18 heavy (non-hydrogen) atoms. The summed E-state index contributed by atoms with van der Waals surface area (Å²) in [6.07, 6.45) is -2.26. The molecule has 8 N–H and O–H groups in total. The van der Waals surface area contributed by atoms with Crippen molar-refractivity contribution in [1.29, 1.82) is 0 Å². The van der Waals surface area contributed by atoms with Crippen molar-refractivity contribution in [2.45, 2.75) is 12.2 Å². The van der Waals surface area contributed by atoms with Gasteiger partial charge in [0.1, 0.15) is 5.28 Å². The summed E-state index contributed by atoms with van der Waals surface area (Å²) in [5.74, 6) is -1.74. The first-order chi connectivity index (χ1) is 7.56. The van der Waals surface area contributed by atoms with E-state index in [-0.39, 0.29) is 0 Å². The Kier molecular flexibility index (Phi) is 5.54. The van der Waals surface area contributed by atoms with Crippen molar-refractivity contribution >= 4 is 22.8 Å². The van der Waals surface area contributed by atoms with Crippen LogP contribution in [0.15, 0.2) is 0 Å². The molecule has 0 aromatic carbocycles. The molecule has 10 nitrogen and oxygen atoms in total. The third-order valence-corrected chi connectivity index (χ3v) is 5.82. The molecule has 13 heteroatoms. The summed E-state index contributed by atoms with van der Waals surface area (Å²) in [6.45, 7) is 0.795. The standard InChI is InChI=1S/C5H16NO9P3/c1-5(6,18(13,14)15)4(2-16(7,8)9)3-17(10,11)12/h4H,2-3,6H2,1H3,(H2,7,8,9)(H2,10,11,12)(H2,13,14,15). The van der Waals surface area contributed by atoms with Gasteiger partial charge in [-0.25, -0.2) is 0 Å². The first kappa shape index (κ1) is 18.4. The van der Waals surface area contributed by atoms with Crippen molar-refractivity contribution in [3.05, 3.63) is 0 Å². The maximum absolute atomic E-state index is 11.1. The predicted octanol–water partition coefficient (Wildman–Crippen LogP) is -1.19. The summed E-state index contributed by atoms with van der Waals surface area (Å²) in [4.78, 5) is 53.0. The third kappa shape index (κ3) is 6.04. The Labute approximate surface area is 103 Å². The van der Waals surface area contributed by atoms with Gasteiger partial charge in [-0.1, -0.05) is 0 Å². The van der Waals surface area contributed by atoms with E-state index in [1.165, 1.54) is 0 Å². The quantitative estimate of drug-likeness (QED) is 0.291. The van der Waals surface area contributed by atoms with E-state index < -0.39 is 46.3 Å². The fourth-order valence-electron chi connectivity index (χ4n) is 1.24. The Morgan fingerprint density at radius 3 is 1.39 bits per heavy atom. The van der Waals surface area contributed by atoms with E-state index in [1.54, 1.807) is 0 Å². The second kappa shape index (κ2) is 5.42. The van der Waals surface area contributed by atoms with Crippen molar-refractivity contribution in [3.63, 3.8) is 0 Å². The van der Waals surface area contributed by atoms with Gasteiger partial charge < -0.3 is 35.1 Å². The number of nitrogens with two attached hydrogens (primary N) is 1. The van der Waals surface area contributed by atoms with Crippen molar-refractivity contribution in [2.24, 2.45) is 11.7 Å². The molecule has 0 amide bonds. The maximum atomic E-state index is 11.1. The minimum Gasteiger partial charge on any atom is -0.324 e. The molecule has 0 aromatic rings. The molecule has 0 bridgehead atoms. The lowest BCUT2D eigenvalue weighted by molar-refractivity contribution is 0.285. The number of hydrogen-bond acceptors (Lipinski definition) is 4. The van der Waals surface area contributed by atoms with Gasteiger partial charge in [0.15, 0.2) is 0 Å². The van der Waals surface area contributed by atoms with Gasteiger partial charge in [-0.15, -0.1) is 0 Å². The number of hydrogen-bond donors (Lipinski definition) is 7. The van der Waals surface area contributed by atoms with Gasteiger partial charge in [0.05, 0.1) is 12.3 Å². The van der Waals surface area contributed by atoms with Gasteiger partial charge in [0, 0.05) is 5.92 Å². The zero-order valence-corrected chi connectivity index (χ0v) is 12.0. The first-order valence-corrected chi connectivity index (χ1v) is 9.71. The monoisotopic (exact) mass is 327 g/mol. The van der Waals surface area contributed by atoms with Gasteiger partial charge in [-0.3, -0.25) is 13.7 Å². The topological polar surface area (TPSA) is 199 Å². The predicted molar refractivity (Wildman–Crippen MR) is 61.9 cm³/mol. The van der Waals surface area contributed by atoms with E-state index in [0.29, 0.717) is 0 Å². The van der Waals surface area contributed by atoms with Crippen LogP contribution in [0, 0.1) is 5.92 Å². The van der Waals surface area contributed by atoms with E-state index in [9.17, 15) is 13.7 Å². The second-order valence-electron chi connectivity index (χ2n) is 4.16. The van der Waals surface area contributed by atoms with E-state index in [1.807, 2.05) is 0 Å². The van der Waals surface area contributed by atoms with Crippen LogP contribution in [0.2, 0.25) is 0 Å². The van der Waals surface area contributed by atoms with Gasteiger partial charge in [-0.05, 0) is 6.92 Å². The van der Waals surface area contributed by atoms with E-state index in [2.05, 4.69) is 0 Å². The lowest BCUT2D eigenvalue weighted by Gasteiger charge is -2.34. The van der Waals surface area contributed by atoms with Gasteiger partial charge >= 0.3 is 22.8 Å².